The fourth-order valence-electron chi connectivity index (χ4n) is 4.35. The molecule has 2 N–H and O–H groups in total. The van der Waals surface area contributed by atoms with Crippen LogP contribution in [0.4, 0.5) is 19.0 Å². The van der Waals surface area contributed by atoms with Crippen LogP contribution in [0, 0.1) is 28.6 Å². The number of aromatic nitrogens is 6. The van der Waals surface area contributed by atoms with Gasteiger partial charge in [-0.15, -0.1) is 0 Å². The van der Waals surface area contributed by atoms with E-state index in [2.05, 4.69) is 42.1 Å². The molecular formula is C24H19ClF3N9O2. The maximum absolute atomic E-state index is 10.6. The van der Waals surface area contributed by atoms with Crippen molar-refractivity contribution in [2.75, 3.05) is 18.0 Å². The van der Waals surface area contributed by atoms with Gasteiger partial charge in [-0.25, -0.2) is 19.7 Å². The molecule has 0 radical (unpaired) electrons. The molecule has 1 saturated heterocycles. The second-order valence-electron chi connectivity index (χ2n) is 8.51. The third-order valence-electron chi connectivity index (χ3n) is 6.17. The van der Waals surface area contributed by atoms with Crippen molar-refractivity contribution in [1.82, 2.24) is 29.7 Å². The zero-order chi connectivity index (χ0) is 28.2. The standard InChI is InChI=1S/C22H18ClN9.C2HF3O2/c23-19-14(9-25)2-6-27-22(19)31-8-4-15(11-31)18(1-5-24)32-12-16(10-30-32)20-17-3-7-26-21(17)29-13-28-20;3-2(4,5)1(6)7/h2-3,6-7,10,12-13,15,18H,1,4,8,11H2,(H,26,28,29);(H,6,7). The van der Waals surface area contributed by atoms with Gasteiger partial charge in [0.2, 0.25) is 0 Å². The van der Waals surface area contributed by atoms with Gasteiger partial charge in [0.05, 0.1) is 36.0 Å². The number of H-pyrrole nitrogens is 1. The van der Waals surface area contributed by atoms with Crippen molar-refractivity contribution in [3.8, 4) is 23.4 Å². The number of nitrogens with one attached hydrogen (secondary N) is 1. The molecule has 11 nitrogen and oxygen atoms in total. The Hall–Kier alpha value is -4.69. The minimum absolute atomic E-state index is 0.0970. The fourth-order valence-corrected chi connectivity index (χ4v) is 4.62. The van der Waals surface area contributed by atoms with Crippen molar-refractivity contribution in [3.05, 3.63) is 53.8 Å². The van der Waals surface area contributed by atoms with Gasteiger partial charge in [-0.05, 0) is 18.6 Å². The molecule has 5 rings (SSSR count). The van der Waals surface area contributed by atoms with E-state index in [0.29, 0.717) is 29.4 Å². The molecule has 1 aliphatic heterocycles. The smallest absolute Gasteiger partial charge is 0.475 e. The topological polar surface area (TPSA) is 160 Å². The third-order valence-corrected chi connectivity index (χ3v) is 6.54. The summed E-state index contributed by atoms with van der Waals surface area (Å²) in [6, 6.07) is 7.86. The van der Waals surface area contributed by atoms with Gasteiger partial charge in [0.1, 0.15) is 28.9 Å². The Morgan fingerprint density at radius 1 is 1.28 bits per heavy atom. The molecule has 0 saturated carbocycles. The molecule has 4 aromatic rings. The molecule has 0 spiro atoms. The number of carboxylic acid groups (broad SMARTS) is 1. The van der Waals surface area contributed by atoms with Crippen LogP contribution >= 0.6 is 11.6 Å². The molecule has 0 aliphatic carbocycles. The third kappa shape index (κ3) is 5.91. The number of hydrogen-bond acceptors (Lipinski definition) is 8. The number of pyridine rings is 1. The van der Waals surface area contributed by atoms with Crippen LogP contribution in [0.1, 0.15) is 24.4 Å². The first-order valence-electron chi connectivity index (χ1n) is 11.4. The molecule has 2 unspecified atom stereocenters. The van der Waals surface area contributed by atoms with Crippen molar-refractivity contribution < 1.29 is 23.1 Å². The summed E-state index contributed by atoms with van der Waals surface area (Å²) in [5.41, 5.74) is 2.86. The van der Waals surface area contributed by atoms with Crippen molar-refractivity contribution in [3.63, 3.8) is 0 Å². The number of anilines is 1. The average Bonchev–Trinajstić information content (AvgIpc) is 3.68. The molecule has 0 aromatic carbocycles. The molecule has 15 heteroatoms. The van der Waals surface area contributed by atoms with Crippen LogP contribution in [-0.4, -0.2) is 60.1 Å². The number of fused-ring (bicyclic) bond motifs is 1. The second-order valence-corrected chi connectivity index (χ2v) is 8.88. The minimum atomic E-state index is -5.08. The lowest BCUT2D eigenvalue weighted by Gasteiger charge is -2.23. The Bertz CT molecular complexity index is 1570. The molecule has 4 aromatic heterocycles. The quantitative estimate of drug-likeness (QED) is 0.363. The summed E-state index contributed by atoms with van der Waals surface area (Å²) in [6.07, 6.45) is 4.80. The predicted octanol–water partition coefficient (Wildman–Crippen LogP) is 4.36. The summed E-state index contributed by atoms with van der Waals surface area (Å²) >= 11 is 6.39. The SMILES string of the molecule is N#CCC(C1CCN(c2nccc(C#N)c2Cl)C1)n1cc(-c2ncnc3[nH]ccc23)cn1.O=C(O)C(F)(F)F. The Balaban J connectivity index is 0.000000448. The number of nitrogens with zero attached hydrogens (tertiary/aromatic N) is 8. The van der Waals surface area contributed by atoms with Crippen LogP contribution in [-0.2, 0) is 4.79 Å². The number of halogens is 4. The maximum Gasteiger partial charge on any atom is 0.490 e. The highest BCUT2D eigenvalue weighted by molar-refractivity contribution is 6.34. The number of nitriles is 2. The molecule has 2 atom stereocenters. The summed E-state index contributed by atoms with van der Waals surface area (Å²) in [5.74, 6) is -1.96. The monoisotopic (exact) mass is 557 g/mol. The number of rotatable bonds is 5. The maximum atomic E-state index is 10.6. The first-order valence-corrected chi connectivity index (χ1v) is 11.8. The Kier molecular flexibility index (Phi) is 7.97. The van der Waals surface area contributed by atoms with E-state index in [9.17, 15) is 23.7 Å². The lowest BCUT2D eigenvalue weighted by atomic mass is 9.96. The highest BCUT2D eigenvalue weighted by Crippen LogP contribution is 2.36. The van der Waals surface area contributed by atoms with Crippen LogP contribution < -0.4 is 4.90 Å². The zero-order valence-electron chi connectivity index (χ0n) is 20.0. The van der Waals surface area contributed by atoms with Crippen molar-refractivity contribution in [2.24, 2.45) is 5.92 Å². The first-order chi connectivity index (χ1) is 18.6. The van der Waals surface area contributed by atoms with E-state index in [1.165, 1.54) is 6.33 Å². The second kappa shape index (κ2) is 11.4. The van der Waals surface area contributed by atoms with Crippen molar-refractivity contribution >= 4 is 34.4 Å². The predicted molar refractivity (Wildman–Crippen MR) is 132 cm³/mol. The lowest BCUT2D eigenvalue weighted by Crippen LogP contribution is -2.25. The van der Waals surface area contributed by atoms with E-state index in [-0.39, 0.29) is 12.0 Å². The van der Waals surface area contributed by atoms with Crippen LogP contribution in [0.15, 0.2) is 43.2 Å². The van der Waals surface area contributed by atoms with Gasteiger partial charge in [0, 0.05) is 48.5 Å². The summed E-state index contributed by atoms with van der Waals surface area (Å²) < 4.78 is 33.6. The summed E-state index contributed by atoms with van der Waals surface area (Å²) in [7, 11) is 0. The van der Waals surface area contributed by atoms with E-state index in [1.54, 1.807) is 18.5 Å². The molecule has 1 fully saturated rings. The van der Waals surface area contributed by atoms with Gasteiger partial charge < -0.3 is 15.0 Å². The number of carboxylic acids is 1. The van der Waals surface area contributed by atoms with E-state index < -0.39 is 12.1 Å². The average molecular weight is 558 g/mol. The fraction of sp³-hybridized carbons (Fsp3) is 0.292. The van der Waals surface area contributed by atoms with E-state index >= 15 is 0 Å². The van der Waals surface area contributed by atoms with E-state index in [1.807, 2.05) is 23.1 Å². The number of alkyl halides is 3. The van der Waals surface area contributed by atoms with Crippen LogP contribution in [0.2, 0.25) is 5.02 Å². The summed E-state index contributed by atoms with van der Waals surface area (Å²) in [5, 5.41) is 31.7. The Labute approximate surface area is 224 Å². The van der Waals surface area contributed by atoms with Gasteiger partial charge in [0.25, 0.3) is 0 Å². The number of aromatic amines is 1. The largest absolute Gasteiger partial charge is 0.490 e. The molecule has 0 bridgehead atoms. The molecule has 0 amide bonds. The van der Waals surface area contributed by atoms with E-state index in [0.717, 1.165) is 35.3 Å². The number of hydrogen-bond donors (Lipinski definition) is 2. The van der Waals surface area contributed by atoms with Gasteiger partial charge in [0.15, 0.2) is 0 Å². The number of aliphatic carboxylic acids is 1. The zero-order valence-corrected chi connectivity index (χ0v) is 20.7. The molecule has 200 valence electrons. The van der Waals surface area contributed by atoms with Gasteiger partial charge in [-0.1, -0.05) is 11.6 Å². The lowest BCUT2D eigenvalue weighted by molar-refractivity contribution is -0.192. The van der Waals surface area contributed by atoms with Crippen molar-refractivity contribution in [2.45, 2.75) is 25.1 Å². The molecule has 1 aliphatic rings. The molecule has 39 heavy (non-hydrogen) atoms. The highest BCUT2D eigenvalue weighted by atomic mass is 35.5. The van der Waals surface area contributed by atoms with Gasteiger partial charge in [-0.2, -0.15) is 28.8 Å². The minimum Gasteiger partial charge on any atom is -0.475 e. The summed E-state index contributed by atoms with van der Waals surface area (Å²) in [6.45, 7) is 1.43. The van der Waals surface area contributed by atoms with Gasteiger partial charge >= 0.3 is 12.1 Å². The van der Waals surface area contributed by atoms with Gasteiger partial charge in [-0.3, -0.25) is 4.68 Å². The van der Waals surface area contributed by atoms with Crippen LogP contribution in [0.25, 0.3) is 22.3 Å². The Morgan fingerprint density at radius 2 is 2.05 bits per heavy atom. The summed E-state index contributed by atoms with van der Waals surface area (Å²) in [4.78, 5) is 27.1. The normalized spacial score (nSPS) is 15.7. The van der Waals surface area contributed by atoms with Crippen LogP contribution in [0.5, 0.6) is 0 Å². The first kappa shape index (κ1) is 27.3. The molecule has 5 heterocycles. The number of carbonyl (C=O) groups is 1. The van der Waals surface area contributed by atoms with Crippen LogP contribution in [0.3, 0.4) is 0 Å². The Morgan fingerprint density at radius 3 is 2.74 bits per heavy atom. The van der Waals surface area contributed by atoms with E-state index in [4.69, 9.17) is 21.5 Å². The molecular weight excluding hydrogens is 539 g/mol. The van der Waals surface area contributed by atoms with Crippen molar-refractivity contribution in [1.29, 1.82) is 10.5 Å². The highest BCUT2D eigenvalue weighted by Gasteiger charge is 2.38.